The van der Waals surface area contributed by atoms with Gasteiger partial charge in [-0.05, 0) is 24.1 Å². The third-order valence-corrected chi connectivity index (χ3v) is 3.96. The van der Waals surface area contributed by atoms with Crippen LogP contribution in [0.5, 0.6) is 0 Å². The van der Waals surface area contributed by atoms with E-state index >= 15 is 0 Å². The van der Waals surface area contributed by atoms with Crippen molar-refractivity contribution in [1.29, 1.82) is 0 Å². The Bertz CT molecular complexity index is 542. The van der Waals surface area contributed by atoms with Crippen LogP contribution in [0.1, 0.15) is 30.5 Å². The molecule has 1 atom stereocenters. The van der Waals surface area contributed by atoms with E-state index in [4.69, 9.17) is 0 Å². The number of rotatable bonds is 5. The van der Waals surface area contributed by atoms with Crippen molar-refractivity contribution in [3.63, 3.8) is 0 Å². The Hall–Kier alpha value is -1.19. The maximum atomic E-state index is 13.8. The van der Waals surface area contributed by atoms with E-state index in [9.17, 15) is 4.39 Å². The van der Waals surface area contributed by atoms with E-state index < -0.39 is 0 Å². The van der Waals surface area contributed by atoms with Gasteiger partial charge in [0.2, 0.25) is 0 Å². The van der Waals surface area contributed by atoms with Gasteiger partial charge in [0.25, 0.3) is 0 Å². The molecule has 0 aliphatic carbocycles. The minimum absolute atomic E-state index is 0.0355. The number of hydrogen-bond donors (Lipinski definition) is 1. The monoisotopic (exact) mass is 321 g/mol. The Morgan fingerprint density at radius 2 is 1.79 bits per heavy atom. The highest BCUT2D eigenvalue weighted by Gasteiger charge is 2.13. The van der Waals surface area contributed by atoms with E-state index in [1.807, 2.05) is 30.3 Å². The Balaban J connectivity index is 2.09. The summed E-state index contributed by atoms with van der Waals surface area (Å²) in [6.07, 6.45) is 0.853. The fraction of sp³-hybridized carbons (Fsp3) is 0.250. The molecule has 19 heavy (non-hydrogen) atoms. The Labute approximate surface area is 122 Å². The van der Waals surface area contributed by atoms with Gasteiger partial charge >= 0.3 is 0 Å². The standard InChI is InChI=1S/C16H17BrFN/c1-2-16(13-8-4-6-10-15(13)18)19-11-12-7-3-5-9-14(12)17/h3-10,16,19H,2,11H2,1H3. The summed E-state index contributed by atoms with van der Waals surface area (Å²) in [7, 11) is 0. The van der Waals surface area contributed by atoms with Gasteiger partial charge in [-0.15, -0.1) is 0 Å². The fourth-order valence-electron chi connectivity index (χ4n) is 2.11. The van der Waals surface area contributed by atoms with E-state index in [2.05, 4.69) is 34.2 Å². The van der Waals surface area contributed by atoms with Crippen LogP contribution in [0.15, 0.2) is 53.0 Å². The minimum atomic E-state index is -0.144. The normalized spacial score (nSPS) is 12.4. The average Bonchev–Trinajstić information content (AvgIpc) is 2.43. The molecule has 0 aliphatic heterocycles. The number of benzene rings is 2. The lowest BCUT2D eigenvalue weighted by molar-refractivity contribution is 0.487. The molecule has 1 N–H and O–H groups in total. The van der Waals surface area contributed by atoms with Gasteiger partial charge in [-0.2, -0.15) is 0 Å². The van der Waals surface area contributed by atoms with E-state index in [0.717, 1.165) is 16.5 Å². The van der Waals surface area contributed by atoms with Crippen LogP contribution in [0.2, 0.25) is 0 Å². The van der Waals surface area contributed by atoms with E-state index in [0.29, 0.717) is 6.54 Å². The highest BCUT2D eigenvalue weighted by atomic mass is 79.9. The van der Waals surface area contributed by atoms with Gasteiger partial charge in [0.15, 0.2) is 0 Å². The number of halogens is 2. The summed E-state index contributed by atoms with van der Waals surface area (Å²) in [5, 5.41) is 3.41. The summed E-state index contributed by atoms with van der Waals surface area (Å²) in [6, 6.07) is 15.1. The second-order valence-corrected chi connectivity index (χ2v) is 5.31. The van der Waals surface area contributed by atoms with Crippen molar-refractivity contribution in [2.45, 2.75) is 25.9 Å². The third kappa shape index (κ3) is 3.64. The summed E-state index contributed by atoms with van der Waals surface area (Å²) >= 11 is 3.52. The molecule has 0 spiro atoms. The molecular weight excluding hydrogens is 305 g/mol. The first-order valence-corrected chi connectivity index (χ1v) is 7.23. The Kier molecular flexibility index (Phi) is 5.11. The van der Waals surface area contributed by atoms with Crippen molar-refractivity contribution >= 4 is 15.9 Å². The topological polar surface area (TPSA) is 12.0 Å². The zero-order valence-corrected chi connectivity index (χ0v) is 12.5. The summed E-state index contributed by atoms with van der Waals surface area (Å²) in [5.74, 6) is -0.144. The van der Waals surface area contributed by atoms with Crippen LogP contribution in [-0.2, 0) is 6.54 Å². The van der Waals surface area contributed by atoms with E-state index in [1.165, 1.54) is 11.6 Å². The average molecular weight is 322 g/mol. The van der Waals surface area contributed by atoms with Gasteiger partial charge in [-0.25, -0.2) is 4.39 Å². The van der Waals surface area contributed by atoms with Crippen molar-refractivity contribution in [2.75, 3.05) is 0 Å². The molecule has 2 aromatic carbocycles. The molecular formula is C16H17BrFN. The summed E-state index contributed by atoms with van der Waals surface area (Å²) in [5.41, 5.74) is 1.91. The van der Waals surface area contributed by atoms with Crippen molar-refractivity contribution in [3.8, 4) is 0 Å². The van der Waals surface area contributed by atoms with Crippen LogP contribution in [0, 0.1) is 5.82 Å². The SMILES string of the molecule is CCC(NCc1ccccc1Br)c1ccccc1F. The van der Waals surface area contributed by atoms with E-state index in [1.54, 1.807) is 6.07 Å². The molecule has 0 aromatic heterocycles. The molecule has 2 aromatic rings. The van der Waals surface area contributed by atoms with Crippen molar-refractivity contribution in [1.82, 2.24) is 5.32 Å². The molecule has 0 aliphatic rings. The van der Waals surface area contributed by atoms with Gasteiger partial charge < -0.3 is 5.32 Å². The van der Waals surface area contributed by atoms with Gasteiger partial charge in [-0.1, -0.05) is 59.3 Å². The van der Waals surface area contributed by atoms with Crippen molar-refractivity contribution in [2.24, 2.45) is 0 Å². The zero-order valence-electron chi connectivity index (χ0n) is 10.9. The molecule has 0 heterocycles. The largest absolute Gasteiger partial charge is 0.306 e. The highest BCUT2D eigenvalue weighted by Crippen LogP contribution is 2.22. The van der Waals surface area contributed by atoms with Crippen LogP contribution < -0.4 is 5.32 Å². The first-order valence-electron chi connectivity index (χ1n) is 6.43. The maximum absolute atomic E-state index is 13.8. The Morgan fingerprint density at radius 3 is 2.47 bits per heavy atom. The molecule has 1 nitrogen and oxygen atoms in total. The van der Waals surface area contributed by atoms with Crippen LogP contribution in [0.3, 0.4) is 0 Å². The van der Waals surface area contributed by atoms with Crippen LogP contribution >= 0.6 is 15.9 Å². The molecule has 0 amide bonds. The molecule has 0 radical (unpaired) electrons. The predicted molar refractivity (Wildman–Crippen MR) is 80.4 cm³/mol. The number of hydrogen-bond acceptors (Lipinski definition) is 1. The van der Waals surface area contributed by atoms with Crippen LogP contribution in [0.4, 0.5) is 4.39 Å². The summed E-state index contributed by atoms with van der Waals surface area (Å²) in [6.45, 7) is 2.78. The van der Waals surface area contributed by atoms with Crippen molar-refractivity contribution < 1.29 is 4.39 Å². The molecule has 0 saturated carbocycles. The van der Waals surface area contributed by atoms with Crippen LogP contribution in [0.25, 0.3) is 0 Å². The third-order valence-electron chi connectivity index (χ3n) is 3.19. The van der Waals surface area contributed by atoms with Gasteiger partial charge in [0.1, 0.15) is 5.82 Å². The number of nitrogens with one attached hydrogen (secondary N) is 1. The van der Waals surface area contributed by atoms with Gasteiger partial charge in [0, 0.05) is 22.6 Å². The molecule has 0 bridgehead atoms. The Morgan fingerprint density at radius 1 is 1.11 bits per heavy atom. The molecule has 100 valence electrons. The van der Waals surface area contributed by atoms with Crippen molar-refractivity contribution in [3.05, 3.63) is 69.9 Å². The second-order valence-electron chi connectivity index (χ2n) is 4.45. The van der Waals surface area contributed by atoms with Gasteiger partial charge in [-0.3, -0.25) is 0 Å². The predicted octanol–water partition coefficient (Wildman–Crippen LogP) is 4.83. The first-order chi connectivity index (χ1) is 9.22. The molecule has 0 fully saturated rings. The molecule has 1 unspecified atom stereocenters. The minimum Gasteiger partial charge on any atom is -0.306 e. The van der Waals surface area contributed by atoms with Gasteiger partial charge in [0.05, 0.1) is 0 Å². The van der Waals surface area contributed by atoms with E-state index in [-0.39, 0.29) is 11.9 Å². The quantitative estimate of drug-likeness (QED) is 0.831. The lowest BCUT2D eigenvalue weighted by Gasteiger charge is -2.18. The van der Waals surface area contributed by atoms with Crippen LogP contribution in [-0.4, -0.2) is 0 Å². The second kappa shape index (κ2) is 6.83. The lowest BCUT2D eigenvalue weighted by atomic mass is 10.0. The molecule has 3 heteroatoms. The fourth-order valence-corrected chi connectivity index (χ4v) is 2.53. The summed E-state index contributed by atoms with van der Waals surface area (Å²) in [4.78, 5) is 0. The highest BCUT2D eigenvalue weighted by molar-refractivity contribution is 9.10. The first kappa shape index (κ1) is 14.2. The maximum Gasteiger partial charge on any atom is 0.127 e. The molecule has 0 saturated heterocycles. The lowest BCUT2D eigenvalue weighted by Crippen LogP contribution is -2.21. The molecule has 2 rings (SSSR count). The zero-order chi connectivity index (χ0) is 13.7. The smallest absolute Gasteiger partial charge is 0.127 e. The summed E-state index contributed by atoms with van der Waals surface area (Å²) < 4.78 is 14.9.